The predicted octanol–water partition coefficient (Wildman–Crippen LogP) is 5.41. The average molecular weight is 428 g/mol. The molecule has 0 aliphatic carbocycles. The Morgan fingerprint density at radius 2 is 1.67 bits per heavy atom. The number of carbonyl (C=O) groups is 1. The number of nitrogens with one attached hydrogen (secondary N) is 1. The van der Waals surface area contributed by atoms with E-state index in [1.165, 1.54) is 0 Å². The minimum atomic E-state index is -1.16. The summed E-state index contributed by atoms with van der Waals surface area (Å²) in [6, 6.07) is 18.8. The molecule has 2 N–H and O–H groups in total. The van der Waals surface area contributed by atoms with E-state index in [0.29, 0.717) is 16.5 Å². The number of halogens is 1. The van der Waals surface area contributed by atoms with E-state index in [2.05, 4.69) is 4.98 Å². The molecule has 2 aromatic carbocycles. The average Bonchev–Trinajstić information content (AvgIpc) is 3.27. The van der Waals surface area contributed by atoms with Gasteiger partial charge in [-0.2, -0.15) is 0 Å². The molecule has 6 heteroatoms. The molecule has 0 aliphatic rings. The Morgan fingerprint density at radius 3 is 2.20 bits per heavy atom. The Kier molecular flexibility index (Phi) is 6.85. The molecule has 2 unspecified atom stereocenters. The van der Waals surface area contributed by atoms with Gasteiger partial charge in [-0.1, -0.05) is 35.9 Å². The van der Waals surface area contributed by atoms with Crippen LogP contribution in [-0.4, -0.2) is 28.8 Å². The van der Waals surface area contributed by atoms with Crippen molar-refractivity contribution in [3.63, 3.8) is 0 Å². The first-order valence-electron chi connectivity index (χ1n) is 9.84. The van der Waals surface area contributed by atoms with E-state index in [1.807, 2.05) is 60.7 Å². The van der Waals surface area contributed by atoms with Crippen molar-refractivity contribution < 1.29 is 19.4 Å². The van der Waals surface area contributed by atoms with Crippen LogP contribution in [0.3, 0.4) is 0 Å². The smallest absolute Gasteiger partial charge is 0.314 e. The number of aliphatic hydroxyl groups is 1. The summed E-state index contributed by atoms with van der Waals surface area (Å²) in [7, 11) is 0. The van der Waals surface area contributed by atoms with Crippen molar-refractivity contribution in [2.24, 2.45) is 5.41 Å². The zero-order valence-electron chi connectivity index (χ0n) is 17.3. The highest BCUT2D eigenvalue weighted by Crippen LogP contribution is 2.35. The van der Waals surface area contributed by atoms with Crippen LogP contribution in [-0.2, 0) is 9.53 Å². The summed E-state index contributed by atoms with van der Waals surface area (Å²) >= 11 is 5.96. The van der Waals surface area contributed by atoms with Gasteiger partial charge in [-0.15, -0.1) is 0 Å². The number of hydrogen-bond acceptors (Lipinski definition) is 4. The molecule has 0 saturated heterocycles. The minimum absolute atomic E-state index is 0.245. The zero-order chi connectivity index (χ0) is 21.7. The van der Waals surface area contributed by atoms with Gasteiger partial charge in [0.15, 0.2) is 6.10 Å². The fourth-order valence-corrected chi connectivity index (χ4v) is 3.28. The summed E-state index contributed by atoms with van der Waals surface area (Å²) in [6.45, 7) is 5.29. The minimum Gasteiger partial charge on any atom is -0.481 e. The summed E-state index contributed by atoms with van der Waals surface area (Å²) < 4.78 is 11.3. The quantitative estimate of drug-likeness (QED) is 0.472. The van der Waals surface area contributed by atoms with Gasteiger partial charge in [-0.05, 0) is 68.3 Å². The number of aromatic nitrogens is 1. The first kappa shape index (κ1) is 21.9. The summed E-state index contributed by atoms with van der Waals surface area (Å²) in [5.41, 5.74) is 1.56. The fourth-order valence-electron chi connectivity index (χ4n) is 3.15. The summed E-state index contributed by atoms with van der Waals surface area (Å²) in [6.07, 6.45) is -0.161. The van der Waals surface area contributed by atoms with Crippen molar-refractivity contribution in [3.8, 4) is 16.9 Å². The molecule has 0 saturated carbocycles. The Bertz CT molecular complexity index is 950. The highest BCUT2D eigenvalue weighted by Gasteiger charge is 2.43. The number of H-pyrrole nitrogens is 1. The van der Waals surface area contributed by atoms with Gasteiger partial charge in [0.25, 0.3) is 0 Å². The maximum absolute atomic E-state index is 12.4. The Labute approximate surface area is 181 Å². The molecule has 158 valence electrons. The molecular weight excluding hydrogens is 402 g/mol. The third-order valence-corrected chi connectivity index (χ3v) is 5.30. The molecule has 2 atom stereocenters. The number of aromatic amines is 1. The molecule has 3 rings (SSSR count). The van der Waals surface area contributed by atoms with Crippen LogP contribution in [0.1, 0.15) is 32.6 Å². The second kappa shape index (κ2) is 9.37. The molecule has 0 radical (unpaired) electrons. The van der Waals surface area contributed by atoms with Gasteiger partial charge in [-0.3, -0.25) is 4.79 Å². The molecule has 0 bridgehead atoms. The molecule has 0 fully saturated rings. The summed E-state index contributed by atoms with van der Waals surface area (Å²) in [5.74, 6) is 0.0989. The molecule has 0 spiro atoms. The number of esters is 1. The predicted molar refractivity (Wildman–Crippen MR) is 117 cm³/mol. The highest BCUT2D eigenvalue weighted by atomic mass is 35.5. The van der Waals surface area contributed by atoms with Crippen molar-refractivity contribution in [1.29, 1.82) is 0 Å². The Balaban J connectivity index is 1.84. The largest absolute Gasteiger partial charge is 0.481 e. The third-order valence-electron chi connectivity index (χ3n) is 5.05. The first-order valence-corrected chi connectivity index (χ1v) is 10.2. The van der Waals surface area contributed by atoms with Crippen molar-refractivity contribution in [2.75, 3.05) is 6.61 Å². The lowest BCUT2D eigenvalue weighted by Gasteiger charge is -2.33. The van der Waals surface area contributed by atoms with Crippen LogP contribution >= 0.6 is 11.6 Å². The van der Waals surface area contributed by atoms with E-state index in [1.54, 1.807) is 27.0 Å². The summed E-state index contributed by atoms with van der Waals surface area (Å²) in [4.78, 5) is 15.5. The first-order chi connectivity index (χ1) is 14.3. The van der Waals surface area contributed by atoms with Crippen LogP contribution in [0.5, 0.6) is 5.75 Å². The van der Waals surface area contributed by atoms with E-state index in [9.17, 15) is 9.90 Å². The second-order valence-electron chi connectivity index (χ2n) is 7.58. The molecule has 1 aromatic heterocycles. The SMILES string of the molecule is CCOC(=O)C(C)(C)C(O)C(Oc1ccc(-c2ccc(Cl)cc2)cc1)c1ccc[nH]1. The van der Waals surface area contributed by atoms with E-state index in [0.717, 1.165) is 11.1 Å². The molecule has 0 amide bonds. The van der Waals surface area contributed by atoms with Gasteiger partial charge >= 0.3 is 5.97 Å². The topological polar surface area (TPSA) is 71.6 Å². The van der Waals surface area contributed by atoms with Crippen molar-refractivity contribution in [2.45, 2.75) is 33.0 Å². The fraction of sp³-hybridized carbons (Fsp3) is 0.292. The number of hydrogen-bond donors (Lipinski definition) is 2. The van der Waals surface area contributed by atoms with E-state index >= 15 is 0 Å². The van der Waals surface area contributed by atoms with Crippen molar-refractivity contribution in [3.05, 3.63) is 77.6 Å². The van der Waals surface area contributed by atoms with Gasteiger partial charge < -0.3 is 19.6 Å². The van der Waals surface area contributed by atoms with Crippen LogP contribution in [0.2, 0.25) is 5.02 Å². The molecule has 30 heavy (non-hydrogen) atoms. The van der Waals surface area contributed by atoms with Crippen molar-refractivity contribution in [1.82, 2.24) is 4.98 Å². The maximum Gasteiger partial charge on any atom is 0.314 e. The monoisotopic (exact) mass is 427 g/mol. The number of benzene rings is 2. The Hall–Kier alpha value is -2.76. The zero-order valence-corrected chi connectivity index (χ0v) is 18.0. The van der Waals surface area contributed by atoms with E-state index in [-0.39, 0.29) is 6.61 Å². The standard InChI is InChI=1S/C24H26ClNO4/c1-4-29-23(28)24(2,3)22(27)21(20-6-5-15-26-20)30-19-13-9-17(10-14-19)16-7-11-18(25)12-8-16/h5-15,21-22,26-27H,4H2,1-3H3. The van der Waals surface area contributed by atoms with Crippen LogP contribution in [0.4, 0.5) is 0 Å². The number of aliphatic hydroxyl groups excluding tert-OH is 1. The third kappa shape index (κ3) is 4.86. The van der Waals surface area contributed by atoms with Crippen LogP contribution in [0.25, 0.3) is 11.1 Å². The number of ether oxygens (including phenoxy) is 2. The molecular formula is C24H26ClNO4. The lowest BCUT2D eigenvalue weighted by atomic mass is 9.82. The molecule has 0 aliphatic heterocycles. The van der Waals surface area contributed by atoms with Crippen LogP contribution in [0, 0.1) is 5.41 Å². The highest BCUT2D eigenvalue weighted by molar-refractivity contribution is 6.30. The molecule has 5 nitrogen and oxygen atoms in total. The maximum atomic E-state index is 12.4. The van der Waals surface area contributed by atoms with Crippen molar-refractivity contribution >= 4 is 17.6 Å². The summed E-state index contributed by atoms with van der Waals surface area (Å²) in [5, 5.41) is 11.8. The van der Waals surface area contributed by atoms with Gasteiger partial charge in [0, 0.05) is 11.2 Å². The lowest BCUT2D eigenvalue weighted by molar-refractivity contribution is -0.164. The van der Waals surface area contributed by atoms with Gasteiger partial charge in [-0.25, -0.2) is 0 Å². The van der Waals surface area contributed by atoms with E-state index < -0.39 is 23.6 Å². The Morgan fingerprint density at radius 1 is 1.07 bits per heavy atom. The molecule has 3 aromatic rings. The van der Waals surface area contributed by atoms with Gasteiger partial charge in [0.2, 0.25) is 0 Å². The van der Waals surface area contributed by atoms with Gasteiger partial charge in [0.1, 0.15) is 11.9 Å². The normalized spacial score (nSPS) is 13.5. The molecule has 1 heterocycles. The van der Waals surface area contributed by atoms with E-state index in [4.69, 9.17) is 21.1 Å². The second-order valence-corrected chi connectivity index (χ2v) is 8.02. The number of carbonyl (C=O) groups excluding carboxylic acids is 1. The van der Waals surface area contributed by atoms with Gasteiger partial charge in [0.05, 0.1) is 17.7 Å². The number of rotatable bonds is 8. The van der Waals surface area contributed by atoms with Crippen LogP contribution < -0.4 is 4.74 Å². The van der Waals surface area contributed by atoms with Crippen LogP contribution in [0.15, 0.2) is 66.9 Å². The lowest BCUT2D eigenvalue weighted by Crippen LogP contribution is -2.44.